The van der Waals surface area contributed by atoms with Crippen LogP contribution in [0.2, 0.25) is 0 Å². The van der Waals surface area contributed by atoms with Gasteiger partial charge in [-0.3, -0.25) is 0 Å². The molecule has 2 aliphatic rings. The number of halogens is 2. The van der Waals surface area contributed by atoms with Gasteiger partial charge in [0.15, 0.2) is 0 Å². The van der Waals surface area contributed by atoms with E-state index in [1.807, 2.05) is 0 Å². The van der Waals surface area contributed by atoms with Gasteiger partial charge in [-0.25, -0.2) is 0 Å². The fourth-order valence-corrected chi connectivity index (χ4v) is 2.02. The molecule has 0 bridgehead atoms. The first kappa shape index (κ1) is 12.5. The zero-order valence-electron chi connectivity index (χ0n) is 6.91. The first-order valence-electron chi connectivity index (χ1n) is 3.92. The molecule has 2 unspecified atom stereocenters. The quantitative estimate of drug-likeness (QED) is 0.655. The fraction of sp³-hybridized carbons (Fsp3) is 1.00. The third kappa shape index (κ3) is 1.70. The fourth-order valence-electron chi connectivity index (χ4n) is 2.02. The molecule has 0 aromatic heterocycles. The van der Waals surface area contributed by atoms with Crippen LogP contribution in [0, 0.1) is 5.92 Å². The lowest BCUT2D eigenvalue weighted by Crippen LogP contribution is -2.43. The molecule has 0 aromatic carbocycles. The Hall–Kier alpha value is 0.460. The van der Waals surface area contributed by atoms with Crippen molar-refractivity contribution in [2.75, 3.05) is 26.2 Å². The minimum atomic E-state index is 0. The number of fused-ring (bicyclic) bond motifs is 1. The predicted molar refractivity (Wildman–Crippen MR) is 53.2 cm³/mol. The van der Waals surface area contributed by atoms with Crippen molar-refractivity contribution in [2.45, 2.75) is 12.0 Å². The van der Waals surface area contributed by atoms with Crippen molar-refractivity contribution >= 4 is 24.8 Å². The summed E-state index contributed by atoms with van der Waals surface area (Å²) in [5, 5.41) is 3.31. The lowest BCUT2D eigenvalue weighted by atomic mass is 9.91. The van der Waals surface area contributed by atoms with Gasteiger partial charge in [-0.1, -0.05) is 0 Å². The van der Waals surface area contributed by atoms with Gasteiger partial charge in [0.05, 0.1) is 5.60 Å². The van der Waals surface area contributed by atoms with Crippen LogP contribution in [0.4, 0.5) is 0 Å². The molecule has 2 aliphatic heterocycles. The van der Waals surface area contributed by atoms with Gasteiger partial charge < -0.3 is 15.8 Å². The number of nitrogens with one attached hydrogen (secondary N) is 1. The van der Waals surface area contributed by atoms with Crippen LogP contribution in [0.25, 0.3) is 0 Å². The minimum Gasteiger partial charge on any atom is -0.372 e. The van der Waals surface area contributed by atoms with Crippen LogP contribution >= 0.6 is 24.8 Å². The van der Waals surface area contributed by atoms with Gasteiger partial charge in [-0.15, -0.1) is 24.8 Å². The van der Waals surface area contributed by atoms with Crippen molar-refractivity contribution in [1.82, 2.24) is 5.32 Å². The molecular formula is C7H16Cl2N2O. The molecule has 0 saturated carbocycles. The Kier molecular flexibility index (Phi) is 4.81. The summed E-state index contributed by atoms with van der Waals surface area (Å²) in [5.74, 6) is 0.678. The van der Waals surface area contributed by atoms with Gasteiger partial charge in [-0.2, -0.15) is 0 Å². The number of rotatable bonds is 1. The molecule has 2 rings (SSSR count). The summed E-state index contributed by atoms with van der Waals surface area (Å²) in [4.78, 5) is 0. The van der Waals surface area contributed by atoms with Crippen LogP contribution in [-0.2, 0) is 4.74 Å². The Morgan fingerprint density at radius 1 is 1.50 bits per heavy atom. The largest absolute Gasteiger partial charge is 0.372 e. The molecule has 3 nitrogen and oxygen atoms in total. The maximum Gasteiger partial charge on any atom is 0.0968 e. The number of hydrogen-bond donors (Lipinski definition) is 2. The average molecular weight is 215 g/mol. The van der Waals surface area contributed by atoms with E-state index in [2.05, 4.69) is 5.32 Å². The highest BCUT2D eigenvalue weighted by Crippen LogP contribution is 2.33. The van der Waals surface area contributed by atoms with Crippen LogP contribution in [0.1, 0.15) is 6.42 Å². The lowest BCUT2D eigenvalue weighted by Gasteiger charge is -2.24. The summed E-state index contributed by atoms with van der Waals surface area (Å²) in [6.45, 7) is 3.62. The van der Waals surface area contributed by atoms with Gasteiger partial charge in [0.1, 0.15) is 0 Å². The first-order valence-corrected chi connectivity index (χ1v) is 3.92. The molecular weight excluding hydrogens is 199 g/mol. The summed E-state index contributed by atoms with van der Waals surface area (Å²) < 4.78 is 5.63. The second-order valence-corrected chi connectivity index (χ2v) is 3.23. The van der Waals surface area contributed by atoms with E-state index in [4.69, 9.17) is 10.5 Å². The minimum absolute atomic E-state index is 0. The summed E-state index contributed by atoms with van der Waals surface area (Å²) >= 11 is 0. The lowest BCUT2D eigenvalue weighted by molar-refractivity contribution is 0.0111. The third-order valence-electron chi connectivity index (χ3n) is 2.76. The van der Waals surface area contributed by atoms with Crippen molar-refractivity contribution in [3.8, 4) is 0 Å². The van der Waals surface area contributed by atoms with E-state index in [0.717, 1.165) is 19.7 Å². The van der Waals surface area contributed by atoms with E-state index < -0.39 is 0 Å². The molecule has 5 heteroatoms. The average Bonchev–Trinajstić information content (AvgIpc) is 2.42. The van der Waals surface area contributed by atoms with E-state index in [1.165, 1.54) is 6.42 Å². The number of ether oxygens (including phenoxy) is 1. The first-order chi connectivity index (χ1) is 4.87. The third-order valence-corrected chi connectivity index (χ3v) is 2.76. The van der Waals surface area contributed by atoms with E-state index in [9.17, 15) is 0 Å². The number of nitrogens with two attached hydrogens (primary N) is 1. The van der Waals surface area contributed by atoms with Crippen LogP contribution in [0.3, 0.4) is 0 Å². The molecule has 2 heterocycles. The zero-order chi connectivity index (χ0) is 7.03. The normalized spacial score (nSPS) is 38.2. The van der Waals surface area contributed by atoms with Gasteiger partial charge in [0, 0.05) is 32.2 Å². The summed E-state index contributed by atoms with van der Waals surface area (Å²) in [6.07, 6.45) is 1.18. The molecule has 74 valence electrons. The van der Waals surface area contributed by atoms with Crippen LogP contribution in [-0.4, -0.2) is 31.8 Å². The highest BCUT2D eigenvalue weighted by molar-refractivity contribution is 5.85. The maximum atomic E-state index is 5.64. The molecule has 3 N–H and O–H groups in total. The van der Waals surface area contributed by atoms with Crippen LogP contribution < -0.4 is 11.1 Å². The van der Waals surface area contributed by atoms with Crippen molar-refractivity contribution in [2.24, 2.45) is 11.7 Å². The van der Waals surface area contributed by atoms with Gasteiger partial charge in [0.2, 0.25) is 0 Å². The zero-order valence-corrected chi connectivity index (χ0v) is 8.55. The van der Waals surface area contributed by atoms with Crippen molar-refractivity contribution in [3.63, 3.8) is 0 Å². The van der Waals surface area contributed by atoms with Gasteiger partial charge >= 0.3 is 0 Å². The SMILES string of the molecule is Cl.Cl.NCC12CNCC1CCO2. The second kappa shape index (κ2) is 4.63. The molecule has 0 spiro atoms. The molecule has 0 radical (unpaired) electrons. The van der Waals surface area contributed by atoms with Crippen molar-refractivity contribution in [3.05, 3.63) is 0 Å². The van der Waals surface area contributed by atoms with Crippen molar-refractivity contribution in [1.29, 1.82) is 0 Å². The maximum absolute atomic E-state index is 5.64. The Morgan fingerprint density at radius 3 is 2.83 bits per heavy atom. The Bertz CT molecular complexity index is 135. The molecule has 2 fully saturated rings. The van der Waals surface area contributed by atoms with E-state index >= 15 is 0 Å². The second-order valence-electron chi connectivity index (χ2n) is 3.23. The molecule has 0 amide bonds. The Labute approximate surface area is 85.2 Å². The molecule has 2 saturated heterocycles. The molecule has 0 aromatic rings. The molecule has 12 heavy (non-hydrogen) atoms. The standard InChI is InChI=1S/C7H14N2O.2ClH/c8-4-7-5-9-3-6(7)1-2-10-7;;/h6,9H,1-5,8H2;2*1H. The summed E-state index contributed by atoms with van der Waals surface area (Å²) in [7, 11) is 0. The van der Waals surface area contributed by atoms with Gasteiger partial charge in [0.25, 0.3) is 0 Å². The Morgan fingerprint density at radius 2 is 2.25 bits per heavy atom. The summed E-state index contributed by atoms with van der Waals surface area (Å²) in [6, 6.07) is 0. The van der Waals surface area contributed by atoms with E-state index in [-0.39, 0.29) is 30.4 Å². The number of hydrogen-bond acceptors (Lipinski definition) is 3. The Balaban J connectivity index is 0.000000605. The van der Waals surface area contributed by atoms with E-state index in [1.54, 1.807) is 0 Å². The monoisotopic (exact) mass is 214 g/mol. The van der Waals surface area contributed by atoms with E-state index in [0.29, 0.717) is 12.5 Å². The van der Waals surface area contributed by atoms with Gasteiger partial charge in [-0.05, 0) is 6.42 Å². The molecule has 0 aliphatic carbocycles. The highest BCUT2D eigenvalue weighted by Gasteiger charge is 2.46. The smallest absolute Gasteiger partial charge is 0.0968 e. The molecule has 2 atom stereocenters. The summed E-state index contributed by atoms with van der Waals surface area (Å²) in [5.41, 5.74) is 5.66. The predicted octanol–water partition coefficient (Wildman–Crippen LogP) is 0.167. The van der Waals surface area contributed by atoms with Crippen LogP contribution in [0.15, 0.2) is 0 Å². The topological polar surface area (TPSA) is 47.3 Å². The van der Waals surface area contributed by atoms with Crippen LogP contribution in [0.5, 0.6) is 0 Å². The van der Waals surface area contributed by atoms with Crippen molar-refractivity contribution < 1.29 is 4.74 Å². The highest BCUT2D eigenvalue weighted by atomic mass is 35.5.